The minimum Gasteiger partial charge on any atom is -0.466 e. The van der Waals surface area contributed by atoms with Gasteiger partial charge in [-0.15, -0.1) is 0 Å². The van der Waals surface area contributed by atoms with Crippen molar-refractivity contribution >= 4 is 29.2 Å². The van der Waals surface area contributed by atoms with E-state index in [1.54, 1.807) is 32.0 Å². The first-order chi connectivity index (χ1) is 8.04. The van der Waals surface area contributed by atoms with Crippen LogP contribution in [0.25, 0.3) is 0 Å². The molecule has 0 spiro atoms. The number of benzene rings is 1. The second kappa shape index (κ2) is 6.25. The van der Waals surface area contributed by atoms with Gasteiger partial charge >= 0.3 is 5.97 Å². The summed E-state index contributed by atoms with van der Waals surface area (Å²) >= 11 is 5.91. The average molecular weight is 256 g/mol. The van der Waals surface area contributed by atoms with Crippen molar-refractivity contribution in [1.82, 2.24) is 0 Å². The Morgan fingerprint density at radius 2 is 2.12 bits per heavy atom. The van der Waals surface area contributed by atoms with E-state index in [4.69, 9.17) is 11.6 Å². The molecular formula is C12H14ClNO3. The Hall–Kier alpha value is -1.55. The molecule has 0 unspecified atom stereocenters. The van der Waals surface area contributed by atoms with Gasteiger partial charge in [-0.1, -0.05) is 17.7 Å². The maximum atomic E-state index is 11.5. The van der Waals surface area contributed by atoms with Crippen molar-refractivity contribution in [3.05, 3.63) is 28.8 Å². The van der Waals surface area contributed by atoms with Gasteiger partial charge in [0.2, 0.25) is 5.91 Å². The summed E-state index contributed by atoms with van der Waals surface area (Å²) in [7, 11) is 0. The predicted octanol–water partition coefficient (Wildman–Crippen LogP) is 2.54. The number of ether oxygens (including phenoxy) is 1. The molecule has 0 aliphatic rings. The number of carbonyl (C=O) groups excluding carboxylic acids is 2. The SMILES string of the molecule is CCOC(=O)CC(=O)Nc1cccc(Cl)c1C. The summed E-state index contributed by atoms with van der Waals surface area (Å²) in [6, 6.07) is 5.19. The van der Waals surface area contributed by atoms with Crippen LogP contribution in [0.5, 0.6) is 0 Å². The minimum atomic E-state index is -0.537. The number of amides is 1. The van der Waals surface area contributed by atoms with Crippen LogP contribution in [0.3, 0.4) is 0 Å². The van der Waals surface area contributed by atoms with E-state index in [1.165, 1.54) is 0 Å². The first-order valence-corrected chi connectivity index (χ1v) is 5.63. The van der Waals surface area contributed by atoms with Crippen LogP contribution < -0.4 is 5.32 Å². The molecule has 0 aliphatic carbocycles. The number of hydrogen-bond acceptors (Lipinski definition) is 3. The number of anilines is 1. The Balaban J connectivity index is 2.62. The number of hydrogen-bond donors (Lipinski definition) is 1. The molecule has 0 aliphatic heterocycles. The van der Waals surface area contributed by atoms with Crippen molar-refractivity contribution in [2.75, 3.05) is 11.9 Å². The minimum absolute atomic E-state index is 0.266. The van der Waals surface area contributed by atoms with Gasteiger partial charge in [0.25, 0.3) is 0 Å². The Labute approximate surface area is 105 Å². The smallest absolute Gasteiger partial charge is 0.315 e. The van der Waals surface area contributed by atoms with Crippen molar-refractivity contribution in [3.63, 3.8) is 0 Å². The topological polar surface area (TPSA) is 55.4 Å². The molecule has 0 bridgehead atoms. The van der Waals surface area contributed by atoms with Gasteiger partial charge < -0.3 is 10.1 Å². The molecule has 1 N–H and O–H groups in total. The third kappa shape index (κ3) is 4.07. The average Bonchev–Trinajstić information content (AvgIpc) is 2.25. The van der Waals surface area contributed by atoms with E-state index in [1.807, 2.05) is 0 Å². The molecular weight excluding hydrogens is 242 g/mol. The van der Waals surface area contributed by atoms with Crippen LogP contribution in [0.2, 0.25) is 5.02 Å². The molecule has 1 aromatic carbocycles. The second-order valence-electron chi connectivity index (χ2n) is 3.44. The highest BCUT2D eigenvalue weighted by Gasteiger charge is 2.11. The van der Waals surface area contributed by atoms with Crippen molar-refractivity contribution in [3.8, 4) is 0 Å². The summed E-state index contributed by atoms with van der Waals surface area (Å²) in [5.41, 5.74) is 1.37. The predicted molar refractivity (Wildman–Crippen MR) is 66.1 cm³/mol. The highest BCUT2D eigenvalue weighted by atomic mass is 35.5. The molecule has 1 amide bonds. The largest absolute Gasteiger partial charge is 0.466 e. The zero-order chi connectivity index (χ0) is 12.8. The van der Waals surface area contributed by atoms with Gasteiger partial charge in [-0.2, -0.15) is 0 Å². The first kappa shape index (κ1) is 13.5. The molecule has 5 heteroatoms. The summed E-state index contributed by atoms with van der Waals surface area (Å²) in [4.78, 5) is 22.6. The van der Waals surface area contributed by atoms with Gasteiger partial charge in [-0.05, 0) is 31.5 Å². The van der Waals surface area contributed by atoms with E-state index < -0.39 is 11.9 Å². The van der Waals surface area contributed by atoms with Crippen LogP contribution in [-0.2, 0) is 14.3 Å². The fraction of sp³-hybridized carbons (Fsp3) is 0.333. The number of esters is 1. The number of nitrogens with one attached hydrogen (secondary N) is 1. The molecule has 17 heavy (non-hydrogen) atoms. The highest BCUT2D eigenvalue weighted by molar-refractivity contribution is 6.31. The molecule has 1 rings (SSSR count). The van der Waals surface area contributed by atoms with Crippen molar-refractivity contribution in [2.45, 2.75) is 20.3 Å². The Bertz CT molecular complexity index is 432. The van der Waals surface area contributed by atoms with E-state index >= 15 is 0 Å². The lowest BCUT2D eigenvalue weighted by atomic mass is 10.2. The number of halogens is 1. The lowest BCUT2D eigenvalue weighted by molar-refractivity contribution is -0.145. The quantitative estimate of drug-likeness (QED) is 0.664. The van der Waals surface area contributed by atoms with Crippen LogP contribution >= 0.6 is 11.6 Å². The van der Waals surface area contributed by atoms with Gasteiger partial charge in [0.15, 0.2) is 0 Å². The molecule has 0 aromatic heterocycles. The lowest BCUT2D eigenvalue weighted by Crippen LogP contribution is -2.18. The molecule has 0 saturated carbocycles. The molecule has 1 aromatic rings. The van der Waals surface area contributed by atoms with Gasteiger partial charge in [-0.25, -0.2) is 0 Å². The van der Waals surface area contributed by atoms with Gasteiger partial charge in [0.05, 0.1) is 6.61 Å². The Morgan fingerprint density at radius 3 is 2.76 bits per heavy atom. The Morgan fingerprint density at radius 1 is 1.41 bits per heavy atom. The monoisotopic (exact) mass is 255 g/mol. The van der Waals surface area contributed by atoms with E-state index in [0.29, 0.717) is 10.7 Å². The third-order valence-corrected chi connectivity index (χ3v) is 2.56. The summed E-state index contributed by atoms with van der Waals surface area (Å²) < 4.78 is 4.68. The first-order valence-electron chi connectivity index (χ1n) is 5.25. The second-order valence-corrected chi connectivity index (χ2v) is 3.85. The van der Waals surface area contributed by atoms with Crippen LogP contribution in [0.15, 0.2) is 18.2 Å². The normalized spacial score (nSPS) is 9.82. The van der Waals surface area contributed by atoms with Crippen LogP contribution in [-0.4, -0.2) is 18.5 Å². The molecule has 4 nitrogen and oxygen atoms in total. The number of rotatable bonds is 4. The molecule has 0 saturated heterocycles. The van der Waals surface area contributed by atoms with E-state index in [-0.39, 0.29) is 13.0 Å². The lowest BCUT2D eigenvalue weighted by Gasteiger charge is -2.09. The molecule has 92 valence electrons. The van der Waals surface area contributed by atoms with E-state index in [2.05, 4.69) is 10.1 Å². The Kier molecular flexibility index (Phi) is 4.97. The zero-order valence-electron chi connectivity index (χ0n) is 9.75. The molecule has 0 heterocycles. The summed E-state index contributed by atoms with van der Waals surface area (Å²) in [6.07, 6.45) is -0.292. The van der Waals surface area contributed by atoms with Crippen LogP contribution in [0.1, 0.15) is 18.9 Å². The van der Waals surface area contributed by atoms with E-state index in [9.17, 15) is 9.59 Å². The van der Waals surface area contributed by atoms with Crippen LogP contribution in [0, 0.1) is 6.92 Å². The summed E-state index contributed by atoms with van der Waals surface area (Å²) in [5, 5.41) is 3.18. The summed E-state index contributed by atoms with van der Waals surface area (Å²) in [5.74, 6) is -0.946. The van der Waals surface area contributed by atoms with Crippen LogP contribution in [0.4, 0.5) is 5.69 Å². The zero-order valence-corrected chi connectivity index (χ0v) is 10.5. The molecule has 0 atom stereocenters. The maximum Gasteiger partial charge on any atom is 0.315 e. The fourth-order valence-electron chi connectivity index (χ4n) is 1.28. The molecule has 0 fully saturated rings. The molecule has 0 radical (unpaired) electrons. The van der Waals surface area contributed by atoms with Gasteiger partial charge in [0, 0.05) is 10.7 Å². The van der Waals surface area contributed by atoms with Crippen molar-refractivity contribution < 1.29 is 14.3 Å². The van der Waals surface area contributed by atoms with Gasteiger partial charge in [-0.3, -0.25) is 9.59 Å². The highest BCUT2D eigenvalue weighted by Crippen LogP contribution is 2.22. The fourth-order valence-corrected chi connectivity index (χ4v) is 1.45. The maximum absolute atomic E-state index is 11.5. The van der Waals surface area contributed by atoms with E-state index in [0.717, 1.165) is 5.56 Å². The van der Waals surface area contributed by atoms with Gasteiger partial charge in [0.1, 0.15) is 6.42 Å². The third-order valence-electron chi connectivity index (χ3n) is 2.15. The number of carbonyl (C=O) groups is 2. The van der Waals surface area contributed by atoms with Crippen molar-refractivity contribution in [2.24, 2.45) is 0 Å². The van der Waals surface area contributed by atoms with Crippen molar-refractivity contribution in [1.29, 1.82) is 0 Å². The standard InChI is InChI=1S/C12H14ClNO3/c1-3-17-12(16)7-11(15)14-10-6-4-5-9(13)8(10)2/h4-6H,3,7H2,1-2H3,(H,14,15). The summed E-state index contributed by atoms with van der Waals surface area (Å²) in [6.45, 7) is 3.75.